The number of carbonyl (C=O) groups excluding carboxylic acids is 2. The molecule has 0 bridgehead atoms. The first-order valence-electron chi connectivity index (χ1n) is 6.10. The van der Waals surface area contributed by atoms with Crippen LogP contribution in [0.15, 0.2) is 12.4 Å². The van der Waals surface area contributed by atoms with Crippen molar-refractivity contribution < 1.29 is 9.59 Å². The van der Waals surface area contributed by atoms with Gasteiger partial charge in [0.15, 0.2) is 0 Å². The Kier molecular flexibility index (Phi) is 4.31. The molecule has 7 heteroatoms. The van der Waals surface area contributed by atoms with Gasteiger partial charge in [0.25, 0.3) is 5.91 Å². The quantitative estimate of drug-likeness (QED) is 0.868. The van der Waals surface area contributed by atoms with E-state index in [0.717, 1.165) is 0 Å². The van der Waals surface area contributed by atoms with Crippen LogP contribution in [-0.4, -0.2) is 46.8 Å². The number of nitrogens with one attached hydrogen (secondary N) is 1. The summed E-state index contributed by atoms with van der Waals surface area (Å²) < 4.78 is 0. The number of rotatable bonds is 2. The number of carbonyl (C=O) groups is 2. The van der Waals surface area contributed by atoms with E-state index in [1.54, 1.807) is 11.9 Å². The molecule has 2 amide bonds. The Labute approximate surface area is 116 Å². The van der Waals surface area contributed by atoms with Gasteiger partial charge in [0, 0.05) is 26.1 Å². The molecule has 0 aromatic carbocycles. The minimum Gasteiger partial charge on any atom is -0.359 e. The van der Waals surface area contributed by atoms with Crippen molar-refractivity contribution in [1.82, 2.24) is 20.2 Å². The highest BCUT2D eigenvalue weighted by molar-refractivity contribution is 6.29. The number of nitrogens with zero attached hydrogens (tertiary/aromatic N) is 3. The zero-order valence-corrected chi connectivity index (χ0v) is 11.4. The highest BCUT2D eigenvalue weighted by Crippen LogP contribution is 2.18. The van der Waals surface area contributed by atoms with Gasteiger partial charge in [-0.3, -0.25) is 14.6 Å². The summed E-state index contributed by atoms with van der Waals surface area (Å²) in [5.74, 6) is -0.167. The Hall–Kier alpha value is -1.69. The van der Waals surface area contributed by atoms with Crippen LogP contribution in [0.4, 0.5) is 0 Å². The van der Waals surface area contributed by atoms with Gasteiger partial charge >= 0.3 is 0 Å². The van der Waals surface area contributed by atoms with E-state index in [0.29, 0.717) is 25.9 Å². The Balaban J connectivity index is 1.98. The Morgan fingerprint density at radius 3 is 2.63 bits per heavy atom. The van der Waals surface area contributed by atoms with E-state index < -0.39 is 0 Å². The van der Waals surface area contributed by atoms with E-state index in [2.05, 4.69) is 15.3 Å². The summed E-state index contributed by atoms with van der Waals surface area (Å²) in [5.41, 5.74) is 0.242. The fraction of sp³-hybridized carbons (Fsp3) is 0.500. The van der Waals surface area contributed by atoms with E-state index in [1.807, 2.05) is 0 Å². The molecule has 102 valence electrons. The van der Waals surface area contributed by atoms with Gasteiger partial charge in [-0.05, 0) is 12.8 Å². The molecule has 2 heterocycles. The van der Waals surface area contributed by atoms with Crippen molar-refractivity contribution in [3.05, 3.63) is 23.2 Å². The average Bonchev–Trinajstić information content (AvgIpc) is 2.46. The van der Waals surface area contributed by atoms with E-state index in [9.17, 15) is 9.59 Å². The van der Waals surface area contributed by atoms with Gasteiger partial charge in [-0.2, -0.15) is 0 Å². The van der Waals surface area contributed by atoms with Gasteiger partial charge in [0.1, 0.15) is 10.8 Å². The normalized spacial score (nSPS) is 16.2. The molecule has 1 aliphatic rings. The molecule has 1 fully saturated rings. The Morgan fingerprint density at radius 1 is 1.37 bits per heavy atom. The largest absolute Gasteiger partial charge is 0.359 e. The molecule has 0 aliphatic carbocycles. The van der Waals surface area contributed by atoms with Crippen molar-refractivity contribution in [2.45, 2.75) is 12.8 Å². The second kappa shape index (κ2) is 5.97. The third-order valence-corrected chi connectivity index (χ3v) is 3.41. The van der Waals surface area contributed by atoms with Crippen molar-refractivity contribution in [2.24, 2.45) is 5.92 Å². The second-order valence-corrected chi connectivity index (χ2v) is 4.80. The van der Waals surface area contributed by atoms with Gasteiger partial charge < -0.3 is 10.2 Å². The lowest BCUT2D eigenvalue weighted by atomic mass is 9.96. The SMILES string of the molecule is CNC(=O)C1CCN(C(=O)c2cncc(Cl)n2)CC1. The lowest BCUT2D eigenvalue weighted by Gasteiger charge is -2.30. The molecule has 1 aliphatic heterocycles. The summed E-state index contributed by atoms with van der Waals surface area (Å²) in [4.78, 5) is 33.1. The number of amides is 2. The molecule has 0 atom stereocenters. The molecule has 1 saturated heterocycles. The zero-order valence-electron chi connectivity index (χ0n) is 10.6. The van der Waals surface area contributed by atoms with Crippen LogP contribution >= 0.6 is 11.6 Å². The van der Waals surface area contributed by atoms with Gasteiger partial charge in [0.05, 0.1) is 12.4 Å². The highest BCUT2D eigenvalue weighted by atomic mass is 35.5. The molecule has 0 saturated carbocycles. The maximum atomic E-state index is 12.2. The van der Waals surface area contributed by atoms with E-state index in [1.165, 1.54) is 12.4 Å². The van der Waals surface area contributed by atoms with Crippen LogP contribution in [0.1, 0.15) is 23.3 Å². The first-order chi connectivity index (χ1) is 9.11. The van der Waals surface area contributed by atoms with E-state index in [4.69, 9.17) is 11.6 Å². The third-order valence-electron chi connectivity index (χ3n) is 3.22. The number of hydrogen-bond donors (Lipinski definition) is 1. The molecular formula is C12H15ClN4O2. The Morgan fingerprint density at radius 2 is 2.05 bits per heavy atom. The summed E-state index contributed by atoms with van der Waals surface area (Å²) in [6, 6.07) is 0. The standard InChI is InChI=1S/C12H15ClN4O2/c1-14-11(18)8-2-4-17(5-3-8)12(19)9-6-15-7-10(13)16-9/h6-8H,2-5H2,1H3,(H,14,18). The Bertz CT molecular complexity index is 486. The second-order valence-electron chi connectivity index (χ2n) is 4.41. The first-order valence-corrected chi connectivity index (χ1v) is 6.48. The summed E-state index contributed by atoms with van der Waals surface area (Å²) in [7, 11) is 1.63. The maximum Gasteiger partial charge on any atom is 0.274 e. The van der Waals surface area contributed by atoms with E-state index in [-0.39, 0.29) is 28.6 Å². The van der Waals surface area contributed by atoms with Crippen molar-refractivity contribution in [1.29, 1.82) is 0 Å². The minimum absolute atomic E-state index is 0.0144. The van der Waals surface area contributed by atoms with Crippen molar-refractivity contribution in [2.75, 3.05) is 20.1 Å². The molecule has 1 aromatic rings. The summed E-state index contributed by atoms with van der Waals surface area (Å²) in [6.45, 7) is 1.09. The fourth-order valence-electron chi connectivity index (χ4n) is 2.16. The summed E-state index contributed by atoms with van der Waals surface area (Å²) >= 11 is 5.71. The molecule has 1 N–H and O–H groups in total. The molecular weight excluding hydrogens is 268 g/mol. The van der Waals surface area contributed by atoms with Crippen LogP contribution < -0.4 is 5.32 Å². The average molecular weight is 283 g/mol. The van der Waals surface area contributed by atoms with Gasteiger partial charge in [0.2, 0.25) is 5.91 Å². The lowest BCUT2D eigenvalue weighted by Crippen LogP contribution is -2.42. The number of piperidine rings is 1. The van der Waals surface area contributed by atoms with Gasteiger partial charge in [-0.25, -0.2) is 4.98 Å². The number of likely N-dealkylation sites (tertiary alicyclic amines) is 1. The predicted molar refractivity (Wildman–Crippen MR) is 69.7 cm³/mol. The third kappa shape index (κ3) is 3.20. The smallest absolute Gasteiger partial charge is 0.274 e. The van der Waals surface area contributed by atoms with Crippen LogP contribution in [0.25, 0.3) is 0 Å². The number of aromatic nitrogens is 2. The van der Waals surface area contributed by atoms with Crippen LogP contribution in [0.3, 0.4) is 0 Å². The maximum absolute atomic E-state index is 12.2. The van der Waals surface area contributed by atoms with E-state index >= 15 is 0 Å². The van der Waals surface area contributed by atoms with Crippen LogP contribution in [0.2, 0.25) is 5.15 Å². The molecule has 0 radical (unpaired) electrons. The summed E-state index contributed by atoms with van der Waals surface area (Å²) in [5, 5.41) is 2.84. The first kappa shape index (κ1) is 13.7. The molecule has 6 nitrogen and oxygen atoms in total. The molecule has 0 unspecified atom stereocenters. The monoisotopic (exact) mass is 282 g/mol. The minimum atomic E-state index is -0.189. The molecule has 19 heavy (non-hydrogen) atoms. The van der Waals surface area contributed by atoms with Crippen LogP contribution in [0.5, 0.6) is 0 Å². The van der Waals surface area contributed by atoms with Crippen molar-refractivity contribution in [3.63, 3.8) is 0 Å². The topological polar surface area (TPSA) is 75.2 Å². The van der Waals surface area contributed by atoms with Gasteiger partial charge in [-0.15, -0.1) is 0 Å². The molecule has 1 aromatic heterocycles. The molecule has 0 spiro atoms. The highest BCUT2D eigenvalue weighted by Gasteiger charge is 2.27. The van der Waals surface area contributed by atoms with Gasteiger partial charge in [-0.1, -0.05) is 11.6 Å². The zero-order chi connectivity index (χ0) is 13.8. The van der Waals surface area contributed by atoms with Crippen molar-refractivity contribution in [3.8, 4) is 0 Å². The van der Waals surface area contributed by atoms with Crippen LogP contribution in [0, 0.1) is 5.92 Å². The summed E-state index contributed by atoms with van der Waals surface area (Å²) in [6.07, 6.45) is 4.12. The number of halogens is 1. The predicted octanol–water partition coefficient (Wildman–Crippen LogP) is 0.728. The number of hydrogen-bond acceptors (Lipinski definition) is 4. The van der Waals surface area contributed by atoms with Crippen LogP contribution in [-0.2, 0) is 4.79 Å². The lowest BCUT2D eigenvalue weighted by molar-refractivity contribution is -0.125. The fourth-order valence-corrected chi connectivity index (χ4v) is 2.30. The molecule has 2 rings (SSSR count). The van der Waals surface area contributed by atoms with Crippen molar-refractivity contribution >= 4 is 23.4 Å².